The lowest BCUT2D eigenvalue weighted by Crippen LogP contribution is -2.36. The van der Waals surface area contributed by atoms with Gasteiger partial charge in [0, 0.05) is 0 Å². The van der Waals surface area contributed by atoms with E-state index >= 15 is 0 Å². The van der Waals surface area contributed by atoms with E-state index in [1.807, 2.05) is 6.26 Å². The highest BCUT2D eigenvalue weighted by molar-refractivity contribution is 7.99. The average molecular weight is 170 g/mol. The molecule has 0 radical (unpaired) electrons. The van der Waals surface area contributed by atoms with E-state index in [2.05, 4.69) is 11.4 Å². The zero-order chi connectivity index (χ0) is 8.32. The zero-order valence-corrected chi connectivity index (χ0v) is 7.20. The molecule has 0 aromatic carbocycles. The SMILES string of the molecule is CSCC(=O)NC1(C#N)CC1. The number of hydrogen-bond acceptors (Lipinski definition) is 3. The largest absolute Gasteiger partial charge is 0.337 e. The van der Waals surface area contributed by atoms with Gasteiger partial charge in [-0.2, -0.15) is 17.0 Å². The monoisotopic (exact) mass is 170 g/mol. The van der Waals surface area contributed by atoms with Gasteiger partial charge in [0.2, 0.25) is 5.91 Å². The molecule has 0 heterocycles. The molecule has 0 unspecified atom stereocenters. The van der Waals surface area contributed by atoms with Crippen LogP contribution in [0.15, 0.2) is 0 Å². The number of rotatable bonds is 3. The number of thioether (sulfide) groups is 1. The van der Waals surface area contributed by atoms with E-state index in [4.69, 9.17) is 5.26 Å². The summed E-state index contributed by atoms with van der Waals surface area (Å²) >= 11 is 1.47. The van der Waals surface area contributed by atoms with E-state index in [0.29, 0.717) is 5.75 Å². The molecule has 11 heavy (non-hydrogen) atoms. The Bertz CT molecular complexity index is 205. The average Bonchev–Trinajstić information content (AvgIpc) is 2.70. The summed E-state index contributed by atoms with van der Waals surface area (Å²) in [4.78, 5) is 11.0. The van der Waals surface area contributed by atoms with Crippen molar-refractivity contribution in [2.75, 3.05) is 12.0 Å². The first kappa shape index (κ1) is 8.41. The third-order valence-electron chi connectivity index (χ3n) is 1.62. The zero-order valence-electron chi connectivity index (χ0n) is 6.39. The summed E-state index contributed by atoms with van der Waals surface area (Å²) in [6.07, 6.45) is 3.48. The molecule has 3 nitrogen and oxygen atoms in total. The number of nitrogens with zero attached hydrogens (tertiary/aromatic N) is 1. The molecular weight excluding hydrogens is 160 g/mol. The van der Waals surface area contributed by atoms with Crippen molar-refractivity contribution in [1.82, 2.24) is 5.32 Å². The molecule has 0 saturated heterocycles. The molecule has 1 aliphatic rings. The van der Waals surface area contributed by atoms with E-state index in [9.17, 15) is 4.79 Å². The standard InChI is InChI=1S/C7H10N2OS/c1-11-4-6(10)9-7(5-8)2-3-7/h2-4H2,1H3,(H,9,10). The number of nitriles is 1. The van der Waals surface area contributed by atoms with Crippen molar-refractivity contribution in [2.24, 2.45) is 0 Å². The first-order valence-electron chi connectivity index (χ1n) is 3.44. The van der Waals surface area contributed by atoms with E-state index in [1.165, 1.54) is 11.8 Å². The van der Waals surface area contributed by atoms with Crippen LogP contribution < -0.4 is 5.32 Å². The predicted molar refractivity (Wildman–Crippen MR) is 44.1 cm³/mol. The van der Waals surface area contributed by atoms with Gasteiger partial charge in [-0.05, 0) is 19.1 Å². The maximum Gasteiger partial charge on any atom is 0.231 e. The van der Waals surface area contributed by atoms with Gasteiger partial charge in [-0.15, -0.1) is 0 Å². The summed E-state index contributed by atoms with van der Waals surface area (Å²) < 4.78 is 0. The van der Waals surface area contributed by atoms with Crippen molar-refractivity contribution < 1.29 is 4.79 Å². The number of hydrogen-bond donors (Lipinski definition) is 1. The Hall–Kier alpha value is -0.690. The van der Waals surface area contributed by atoms with Gasteiger partial charge >= 0.3 is 0 Å². The molecule has 1 rings (SSSR count). The van der Waals surface area contributed by atoms with Crippen LogP contribution in [0.1, 0.15) is 12.8 Å². The Balaban J connectivity index is 2.32. The number of carbonyl (C=O) groups is 1. The van der Waals surface area contributed by atoms with Gasteiger partial charge in [0.1, 0.15) is 5.54 Å². The highest BCUT2D eigenvalue weighted by atomic mass is 32.2. The molecule has 0 aliphatic heterocycles. The highest BCUT2D eigenvalue weighted by Crippen LogP contribution is 2.34. The van der Waals surface area contributed by atoms with Crippen LogP contribution >= 0.6 is 11.8 Å². The minimum atomic E-state index is -0.493. The Morgan fingerprint density at radius 3 is 2.82 bits per heavy atom. The van der Waals surface area contributed by atoms with Gasteiger partial charge in [-0.1, -0.05) is 0 Å². The fraction of sp³-hybridized carbons (Fsp3) is 0.714. The summed E-state index contributed by atoms with van der Waals surface area (Å²) in [5.74, 6) is 0.417. The van der Waals surface area contributed by atoms with Crippen LogP contribution in [-0.4, -0.2) is 23.5 Å². The summed E-state index contributed by atoms with van der Waals surface area (Å²) in [5, 5.41) is 11.3. The Kier molecular flexibility index (Phi) is 2.40. The molecule has 60 valence electrons. The topological polar surface area (TPSA) is 52.9 Å². The summed E-state index contributed by atoms with van der Waals surface area (Å²) in [6.45, 7) is 0. The summed E-state index contributed by atoms with van der Waals surface area (Å²) in [6, 6.07) is 2.10. The lowest BCUT2D eigenvalue weighted by atomic mass is 10.3. The molecule has 1 N–H and O–H groups in total. The molecule has 0 aromatic rings. The second kappa shape index (κ2) is 3.14. The van der Waals surface area contributed by atoms with E-state index in [-0.39, 0.29) is 5.91 Å². The molecule has 0 bridgehead atoms. The summed E-state index contributed by atoms with van der Waals surface area (Å²) in [7, 11) is 0. The molecule has 0 atom stereocenters. The van der Waals surface area contributed by atoms with Gasteiger partial charge in [0.05, 0.1) is 11.8 Å². The second-order valence-electron chi connectivity index (χ2n) is 2.68. The normalized spacial score (nSPS) is 18.5. The fourth-order valence-corrected chi connectivity index (χ4v) is 1.16. The molecular formula is C7H10N2OS. The van der Waals surface area contributed by atoms with Crippen LogP contribution in [0.25, 0.3) is 0 Å². The van der Waals surface area contributed by atoms with Crippen molar-refractivity contribution in [1.29, 1.82) is 5.26 Å². The Morgan fingerprint density at radius 2 is 2.45 bits per heavy atom. The van der Waals surface area contributed by atoms with Crippen LogP contribution in [-0.2, 0) is 4.79 Å². The molecule has 0 aromatic heterocycles. The van der Waals surface area contributed by atoms with Gasteiger partial charge in [-0.3, -0.25) is 4.79 Å². The minimum absolute atomic E-state index is 0.0310. The van der Waals surface area contributed by atoms with Crippen LogP contribution in [0.3, 0.4) is 0 Å². The molecule has 1 amide bonds. The smallest absolute Gasteiger partial charge is 0.231 e. The van der Waals surface area contributed by atoms with Gasteiger partial charge < -0.3 is 5.32 Å². The van der Waals surface area contributed by atoms with Gasteiger partial charge in [0.25, 0.3) is 0 Å². The predicted octanol–water partition coefficient (Wildman–Crippen LogP) is 0.522. The third kappa shape index (κ3) is 2.12. The lowest BCUT2D eigenvalue weighted by Gasteiger charge is -2.06. The van der Waals surface area contributed by atoms with Crippen molar-refractivity contribution in [3.8, 4) is 6.07 Å². The minimum Gasteiger partial charge on any atom is -0.337 e. The van der Waals surface area contributed by atoms with Crippen LogP contribution in [0, 0.1) is 11.3 Å². The van der Waals surface area contributed by atoms with Crippen molar-refractivity contribution in [2.45, 2.75) is 18.4 Å². The maximum atomic E-state index is 11.0. The van der Waals surface area contributed by atoms with Crippen LogP contribution in [0.5, 0.6) is 0 Å². The maximum absolute atomic E-state index is 11.0. The van der Waals surface area contributed by atoms with E-state index in [1.54, 1.807) is 0 Å². The third-order valence-corrected chi connectivity index (χ3v) is 2.17. The lowest BCUT2D eigenvalue weighted by molar-refractivity contribution is -0.119. The van der Waals surface area contributed by atoms with Crippen molar-refractivity contribution in [3.63, 3.8) is 0 Å². The quantitative estimate of drug-likeness (QED) is 0.672. The van der Waals surface area contributed by atoms with Gasteiger partial charge in [0.15, 0.2) is 0 Å². The molecule has 4 heteroatoms. The van der Waals surface area contributed by atoms with Crippen molar-refractivity contribution >= 4 is 17.7 Å². The molecule has 1 aliphatic carbocycles. The fourth-order valence-electron chi connectivity index (χ4n) is 0.824. The second-order valence-corrected chi connectivity index (χ2v) is 3.54. The molecule has 0 spiro atoms. The Morgan fingerprint density at radius 1 is 1.82 bits per heavy atom. The van der Waals surface area contributed by atoms with Crippen LogP contribution in [0.2, 0.25) is 0 Å². The van der Waals surface area contributed by atoms with Crippen molar-refractivity contribution in [3.05, 3.63) is 0 Å². The van der Waals surface area contributed by atoms with E-state index in [0.717, 1.165) is 12.8 Å². The first-order chi connectivity index (χ1) is 5.22. The van der Waals surface area contributed by atoms with Crippen LogP contribution in [0.4, 0.5) is 0 Å². The highest BCUT2D eigenvalue weighted by Gasteiger charge is 2.44. The number of amides is 1. The summed E-state index contributed by atoms with van der Waals surface area (Å²) in [5.41, 5.74) is -0.493. The molecule has 1 saturated carbocycles. The van der Waals surface area contributed by atoms with E-state index < -0.39 is 5.54 Å². The number of nitrogens with one attached hydrogen (secondary N) is 1. The Labute approximate surface area is 70.2 Å². The first-order valence-corrected chi connectivity index (χ1v) is 4.83. The molecule has 1 fully saturated rings. The number of carbonyl (C=O) groups excluding carboxylic acids is 1. The van der Waals surface area contributed by atoms with Gasteiger partial charge in [-0.25, -0.2) is 0 Å².